The number of amides is 2. The summed E-state index contributed by atoms with van der Waals surface area (Å²) >= 11 is 0. The molecule has 1 saturated heterocycles. The van der Waals surface area contributed by atoms with Crippen molar-refractivity contribution in [2.75, 3.05) is 18.6 Å². The number of nitrogens with zero attached hydrogens (tertiary/aromatic N) is 1. The lowest BCUT2D eigenvalue weighted by molar-refractivity contribution is -0.152. The van der Waals surface area contributed by atoms with Gasteiger partial charge in [-0.1, -0.05) is 34.1 Å². The Kier molecular flexibility index (Phi) is 6.84. The van der Waals surface area contributed by atoms with Gasteiger partial charge in [-0.2, -0.15) is 0 Å². The average Bonchev–Trinajstić information content (AvgIpc) is 2.40. The number of rotatable bonds is 7. The summed E-state index contributed by atoms with van der Waals surface area (Å²) in [5.74, 6) is 0.692. The van der Waals surface area contributed by atoms with Crippen molar-refractivity contribution in [1.82, 2.24) is 10.2 Å². The van der Waals surface area contributed by atoms with E-state index in [1.165, 1.54) is 0 Å². The molecule has 0 spiro atoms. The van der Waals surface area contributed by atoms with Crippen LogP contribution in [0.1, 0.15) is 40.5 Å². The third-order valence-corrected chi connectivity index (χ3v) is 4.99. The summed E-state index contributed by atoms with van der Waals surface area (Å²) in [6, 6.07) is -0.840. The Morgan fingerprint density at radius 3 is 2.38 bits per heavy atom. The average molecular weight is 316 g/mol. The predicted molar refractivity (Wildman–Crippen MR) is 85.3 cm³/mol. The van der Waals surface area contributed by atoms with Gasteiger partial charge in [0, 0.05) is 29.4 Å². The Hall–Kier alpha value is -0.910. The van der Waals surface area contributed by atoms with Crippen LogP contribution in [-0.4, -0.2) is 51.6 Å². The van der Waals surface area contributed by atoms with Crippen LogP contribution in [0, 0.1) is 11.8 Å². The highest BCUT2D eigenvalue weighted by Gasteiger charge is 2.43. The number of nitrogens with one attached hydrogen (secondary N) is 1. The lowest BCUT2D eigenvalue weighted by Gasteiger charge is -2.42. The van der Waals surface area contributed by atoms with Gasteiger partial charge in [-0.05, 0) is 18.3 Å². The molecule has 5 nitrogen and oxygen atoms in total. The van der Waals surface area contributed by atoms with Crippen molar-refractivity contribution < 1.29 is 13.8 Å². The Labute approximate surface area is 130 Å². The smallest absolute Gasteiger partial charge is 0.246 e. The highest BCUT2D eigenvalue weighted by atomic mass is 32.2. The maximum Gasteiger partial charge on any atom is 0.246 e. The normalized spacial score (nSPS) is 25.9. The Balaban J connectivity index is 2.89. The van der Waals surface area contributed by atoms with Crippen LogP contribution in [0.15, 0.2) is 0 Å². The highest BCUT2D eigenvalue weighted by Crippen LogP contribution is 2.22. The van der Waals surface area contributed by atoms with E-state index in [-0.39, 0.29) is 23.7 Å². The van der Waals surface area contributed by atoms with Crippen molar-refractivity contribution in [3.05, 3.63) is 0 Å². The van der Waals surface area contributed by atoms with Gasteiger partial charge in [0.1, 0.15) is 12.1 Å². The van der Waals surface area contributed by atoms with E-state index >= 15 is 0 Å². The molecule has 4 unspecified atom stereocenters. The molecular weight excluding hydrogens is 288 g/mol. The third-order valence-electron chi connectivity index (χ3n) is 4.13. The highest BCUT2D eigenvalue weighted by molar-refractivity contribution is 7.84. The molecule has 0 aliphatic carbocycles. The van der Waals surface area contributed by atoms with Crippen LogP contribution >= 0.6 is 0 Å². The number of piperazine rings is 1. The lowest BCUT2D eigenvalue weighted by atomic mass is 9.91. The first-order valence-corrected chi connectivity index (χ1v) is 9.43. The predicted octanol–water partition coefficient (Wildman–Crippen LogP) is 1.15. The summed E-state index contributed by atoms with van der Waals surface area (Å²) in [6.07, 6.45) is 3.17. The van der Waals surface area contributed by atoms with E-state index in [0.717, 1.165) is 6.42 Å². The van der Waals surface area contributed by atoms with E-state index in [0.29, 0.717) is 18.7 Å². The Bertz CT molecular complexity index is 412. The molecule has 6 heteroatoms. The zero-order chi connectivity index (χ0) is 16.2. The van der Waals surface area contributed by atoms with Crippen LogP contribution in [0.5, 0.6) is 0 Å². The molecule has 0 aromatic carbocycles. The van der Waals surface area contributed by atoms with Crippen LogP contribution in [-0.2, 0) is 20.4 Å². The molecule has 0 saturated carbocycles. The second-order valence-electron chi connectivity index (χ2n) is 6.22. The van der Waals surface area contributed by atoms with Gasteiger partial charge in [0.25, 0.3) is 0 Å². The summed E-state index contributed by atoms with van der Waals surface area (Å²) in [4.78, 5) is 26.8. The molecule has 1 fully saturated rings. The fourth-order valence-corrected chi connectivity index (χ4v) is 3.26. The van der Waals surface area contributed by atoms with Crippen molar-refractivity contribution in [3.8, 4) is 0 Å². The summed E-state index contributed by atoms with van der Waals surface area (Å²) in [5.41, 5.74) is 0. The van der Waals surface area contributed by atoms with Crippen molar-refractivity contribution in [3.63, 3.8) is 0 Å². The SMILES string of the molecule is CCC(C)C1NC(=O)C(C(C)C)N(CCCS(C)=O)C1=O. The first kappa shape index (κ1) is 18.1. The second-order valence-corrected chi connectivity index (χ2v) is 7.78. The van der Waals surface area contributed by atoms with Crippen LogP contribution < -0.4 is 5.32 Å². The second kappa shape index (κ2) is 7.92. The number of carbonyl (C=O) groups excluding carboxylic acids is 2. The number of hydrogen-bond acceptors (Lipinski definition) is 3. The lowest BCUT2D eigenvalue weighted by Crippen LogP contribution is -2.66. The van der Waals surface area contributed by atoms with Gasteiger partial charge < -0.3 is 10.2 Å². The van der Waals surface area contributed by atoms with E-state index in [1.54, 1.807) is 11.2 Å². The standard InChI is InChI=1S/C15H28N2O3S/c1-6-11(4)12-15(19)17(8-7-9-21(5)20)13(10(2)3)14(18)16-12/h10-13H,6-9H2,1-5H3,(H,16,18). The molecule has 0 radical (unpaired) electrons. The molecule has 1 aliphatic rings. The summed E-state index contributed by atoms with van der Waals surface area (Å²) < 4.78 is 11.2. The molecule has 0 bridgehead atoms. The molecule has 1 heterocycles. The molecule has 21 heavy (non-hydrogen) atoms. The Morgan fingerprint density at radius 1 is 1.29 bits per heavy atom. The van der Waals surface area contributed by atoms with Gasteiger partial charge in [0.2, 0.25) is 11.8 Å². The van der Waals surface area contributed by atoms with Gasteiger partial charge in [-0.25, -0.2) is 0 Å². The van der Waals surface area contributed by atoms with E-state index < -0.39 is 22.9 Å². The van der Waals surface area contributed by atoms with Crippen LogP contribution in [0.3, 0.4) is 0 Å². The summed E-state index contributed by atoms with van der Waals surface area (Å²) in [7, 11) is -0.869. The zero-order valence-corrected chi connectivity index (χ0v) is 14.5. The van der Waals surface area contributed by atoms with Gasteiger partial charge in [-0.15, -0.1) is 0 Å². The molecule has 0 aromatic rings. The molecule has 0 aromatic heterocycles. The van der Waals surface area contributed by atoms with Crippen molar-refractivity contribution in [2.24, 2.45) is 11.8 Å². The molecule has 1 rings (SSSR count). The minimum absolute atomic E-state index is 0.00420. The Morgan fingerprint density at radius 2 is 1.90 bits per heavy atom. The minimum atomic E-state index is -0.869. The number of hydrogen-bond donors (Lipinski definition) is 1. The quantitative estimate of drug-likeness (QED) is 0.766. The molecule has 1 aliphatic heterocycles. The maximum atomic E-state index is 12.7. The third kappa shape index (κ3) is 4.53. The topological polar surface area (TPSA) is 66.5 Å². The van der Waals surface area contributed by atoms with E-state index in [4.69, 9.17) is 0 Å². The van der Waals surface area contributed by atoms with Crippen molar-refractivity contribution in [1.29, 1.82) is 0 Å². The van der Waals surface area contributed by atoms with Gasteiger partial charge in [-0.3, -0.25) is 13.8 Å². The van der Waals surface area contributed by atoms with Crippen molar-refractivity contribution >= 4 is 22.6 Å². The first-order chi connectivity index (χ1) is 9.79. The molecule has 1 N–H and O–H groups in total. The molecular formula is C15H28N2O3S. The fourth-order valence-electron chi connectivity index (χ4n) is 2.73. The minimum Gasteiger partial charge on any atom is -0.342 e. The monoisotopic (exact) mass is 316 g/mol. The van der Waals surface area contributed by atoms with Crippen LogP contribution in [0.2, 0.25) is 0 Å². The largest absolute Gasteiger partial charge is 0.342 e. The van der Waals surface area contributed by atoms with E-state index in [1.807, 2.05) is 27.7 Å². The molecule has 4 atom stereocenters. The van der Waals surface area contributed by atoms with Gasteiger partial charge in [0.15, 0.2) is 0 Å². The maximum absolute atomic E-state index is 12.7. The first-order valence-electron chi connectivity index (χ1n) is 7.70. The zero-order valence-electron chi connectivity index (χ0n) is 13.7. The van der Waals surface area contributed by atoms with Crippen LogP contribution in [0.4, 0.5) is 0 Å². The molecule has 2 amide bonds. The fraction of sp³-hybridized carbons (Fsp3) is 0.867. The van der Waals surface area contributed by atoms with Gasteiger partial charge >= 0.3 is 0 Å². The molecule has 122 valence electrons. The van der Waals surface area contributed by atoms with Gasteiger partial charge in [0.05, 0.1) is 0 Å². The van der Waals surface area contributed by atoms with Crippen LogP contribution in [0.25, 0.3) is 0 Å². The van der Waals surface area contributed by atoms with E-state index in [2.05, 4.69) is 5.32 Å². The summed E-state index contributed by atoms with van der Waals surface area (Å²) in [6.45, 7) is 8.40. The summed E-state index contributed by atoms with van der Waals surface area (Å²) in [5, 5.41) is 2.89. The van der Waals surface area contributed by atoms with Crippen molar-refractivity contribution in [2.45, 2.75) is 52.6 Å². The van der Waals surface area contributed by atoms with E-state index in [9.17, 15) is 13.8 Å². The number of carbonyl (C=O) groups is 2.